The molecule has 230 valence electrons. The summed E-state index contributed by atoms with van der Waals surface area (Å²) in [4.78, 5) is 23.8. The number of aliphatic hydroxyl groups excluding tert-OH is 1. The van der Waals surface area contributed by atoms with Crippen LogP contribution >= 0.6 is 7.75 Å². The first-order chi connectivity index (χ1) is 19.7. The Labute approximate surface area is 236 Å². The first-order valence-corrected chi connectivity index (χ1v) is 14.0. The molecule has 1 saturated heterocycles. The van der Waals surface area contributed by atoms with Crippen LogP contribution in [0.1, 0.15) is 20.1 Å². The number of halogens is 4. The lowest BCUT2D eigenvalue weighted by Gasteiger charge is -2.31. The Bertz CT molecular complexity index is 1460. The lowest BCUT2D eigenvalue weighted by Crippen LogP contribution is -2.54. The van der Waals surface area contributed by atoms with E-state index in [-0.39, 0.29) is 35.3 Å². The van der Waals surface area contributed by atoms with E-state index >= 15 is 4.39 Å². The molecule has 42 heavy (non-hydrogen) atoms. The summed E-state index contributed by atoms with van der Waals surface area (Å²) < 4.78 is 93.9. The third-order valence-electron chi connectivity index (χ3n) is 6.18. The van der Waals surface area contributed by atoms with Gasteiger partial charge in [0.2, 0.25) is 5.95 Å². The quantitative estimate of drug-likeness (QED) is 0.139. The Hall–Kier alpha value is -3.57. The van der Waals surface area contributed by atoms with Crippen molar-refractivity contribution in [2.24, 2.45) is 0 Å². The van der Waals surface area contributed by atoms with Crippen LogP contribution in [-0.4, -0.2) is 81.0 Å². The van der Waals surface area contributed by atoms with E-state index < -0.39 is 56.6 Å². The van der Waals surface area contributed by atoms with Crippen LogP contribution in [0.3, 0.4) is 0 Å². The minimum absolute atomic E-state index is 0.00435. The molecule has 0 saturated carbocycles. The molecule has 1 aliphatic rings. The molecule has 0 bridgehead atoms. The Kier molecular flexibility index (Phi) is 8.94. The van der Waals surface area contributed by atoms with Gasteiger partial charge in [0, 0.05) is 7.05 Å². The Morgan fingerprint density at radius 2 is 2.00 bits per heavy atom. The Morgan fingerprint density at radius 1 is 1.31 bits per heavy atom. The fourth-order valence-corrected chi connectivity index (χ4v) is 5.68. The summed E-state index contributed by atoms with van der Waals surface area (Å²) in [5.74, 6) is -1.13. The van der Waals surface area contributed by atoms with Crippen molar-refractivity contribution >= 4 is 36.6 Å². The number of benzene rings is 1. The largest absolute Gasteiger partial charge is 0.465 e. The van der Waals surface area contributed by atoms with Crippen molar-refractivity contribution in [1.82, 2.24) is 24.6 Å². The van der Waals surface area contributed by atoms with Crippen molar-refractivity contribution in [2.75, 3.05) is 31.3 Å². The van der Waals surface area contributed by atoms with Crippen LogP contribution in [-0.2, 0) is 23.4 Å². The monoisotopic (exact) mass is 621 g/mol. The summed E-state index contributed by atoms with van der Waals surface area (Å²) in [6, 6.07) is 6.24. The molecule has 19 heteroatoms. The van der Waals surface area contributed by atoms with E-state index in [0.717, 1.165) is 6.33 Å². The summed E-state index contributed by atoms with van der Waals surface area (Å²) in [6.07, 6.45) is -12.3. The number of fused-ring (bicyclic) bond motifs is 1. The molecule has 3 aromatic rings. The zero-order valence-corrected chi connectivity index (χ0v) is 23.3. The summed E-state index contributed by atoms with van der Waals surface area (Å²) in [6.45, 7) is 1.76. The normalized spacial score (nSPS) is 24.7. The van der Waals surface area contributed by atoms with Crippen LogP contribution in [0.2, 0.25) is 0 Å². The average Bonchev–Trinajstić information content (AvgIpc) is 3.46. The van der Waals surface area contributed by atoms with Crippen LogP contribution < -0.4 is 20.7 Å². The van der Waals surface area contributed by atoms with Gasteiger partial charge in [0.05, 0.1) is 19.5 Å². The summed E-state index contributed by atoms with van der Waals surface area (Å²) in [5.41, 5.74) is 0.878. The molecule has 1 fully saturated rings. The molecule has 0 aliphatic carbocycles. The van der Waals surface area contributed by atoms with E-state index in [1.165, 1.54) is 38.2 Å². The number of anilines is 2. The van der Waals surface area contributed by atoms with E-state index in [1.54, 1.807) is 13.0 Å². The van der Waals surface area contributed by atoms with Gasteiger partial charge < -0.3 is 30.2 Å². The number of rotatable bonds is 11. The second kappa shape index (κ2) is 12.0. The molecule has 5 N–H and O–H groups in total. The number of aromatic nitrogens is 4. The van der Waals surface area contributed by atoms with Crippen molar-refractivity contribution in [1.29, 1.82) is 0 Å². The number of hydrogen-bond donors (Lipinski definition) is 4. The topological polar surface area (TPSA) is 185 Å². The zero-order chi connectivity index (χ0) is 30.9. The van der Waals surface area contributed by atoms with Gasteiger partial charge in [0.15, 0.2) is 23.2 Å². The Morgan fingerprint density at radius 3 is 2.62 bits per heavy atom. The van der Waals surface area contributed by atoms with Gasteiger partial charge in [-0.15, -0.1) is 0 Å². The highest BCUT2D eigenvalue weighted by atomic mass is 31.2. The number of ether oxygens (including phenoxy) is 2. The highest BCUT2D eigenvalue weighted by Gasteiger charge is 2.73. The lowest BCUT2D eigenvalue weighted by molar-refractivity contribution is -0.273. The molecule has 1 aliphatic heterocycles. The van der Waals surface area contributed by atoms with E-state index in [2.05, 4.69) is 25.4 Å². The number of aliphatic hydroxyl groups is 1. The van der Waals surface area contributed by atoms with Gasteiger partial charge in [-0.25, -0.2) is 13.9 Å². The number of nitrogens with zero attached hydrogens (tertiary/aromatic N) is 4. The minimum atomic E-state index is -5.67. The smallest absolute Gasteiger partial charge is 0.459 e. The maximum absolute atomic E-state index is 16.0. The number of hydrogen-bond acceptors (Lipinski definition) is 12. The highest BCUT2D eigenvalue weighted by molar-refractivity contribution is 7.52. The van der Waals surface area contributed by atoms with Crippen LogP contribution in [0.5, 0.6) is 5.75 Å². The number of carbonyl (C=O) groups is 1. The minimum Gasteiger partial charge on any atom is -0.465 e. The summed E-state index contributed by atoms with van der Waals surface area (Å²) >= 11 is 0. The number of carbonyl (C=O) groups excluding carboxylic acids is 1. The molecule has 4 rings (SSSR count). The summed E-state index contributed by atoms with van der Waals surface area (Å²) in [5, 5.41) is 15.6. The molecule has 1 unspecified atom stereocenters. The van der Waals surface area contributed by atoms with Gasteiger partial charge in [0.25, 0.3) is 5.67 Å². The second-order valence-electron chi connectivity index (χ2n) is 9.04. The molecule has 6 atom stereocenters. The maximum atomic E-state index is 16.0. The van der Waals surface area contributed by atoms with Gasteiger partial charge in [-0.3, -0.25) is 13.9 Å². The number of para-hydroxylation sites is 1. The second-order valence-corrected chi connectivity index (χ2v) is 10.7. The number of nitrogens with one attached hydrogen (secondary N) is 2. The molecule has 0 amide bonds. The van der Waals surface area contributed by atoms with Crippen LogP contribution in [0.25, 0.3) is 11.2 Å². The van der Waals surface area contributed by atoms with Gasteiger partial charge in [-0.1, -0.05) is 18.2 Å². The first kappa shape index (κ1) is 31.4. The predicted octanol–water partition coefficient (Wildman–Crippen LogP) is 2.72. The number of nitrogens with two attached hydrogens (primary N) is 1. The van der Waals surface area contributed by atoms with Gasteiger partial charge in [0.1, 0.15) is 24.0 Å². The van der Waals surface area contributed by atoms with Crippen LogP contribution in [0, 0.1) is 0 Å². The van der Waals surface area contributed by atoms with Gasteiger partial charge >= 0.3 is 19.9 Å². The molecule has 0 spiro atoms. The molecular weight excluding hydrogens is 593 g/mol. The standard InChI is InChI=1S/C23H28F4N7O7P/c1-4-38-19(36)12(2)33-42(37,41-13-8-6-5-7-9-13)39-10-14-16(35)22(24,23(25,26)27)20(40-14)34-11-30-15-17(29-3)31-21(28)32-18(15)34/h5-9,11-12,14,16,20,35H,4,10H2,1-3H3,(H,33,37)(H3,28,29,31,32)/t12?,14-,16-,20-,22-,42+/m1/s1. The summed E-state index contributed by atoms with van der Waals surface area (Å²) in [7, 11) is -3.13. The zero-order valence-electron chi connectivity index (χ0n) is 22.4. The fourth-order valence-electron chi connectivity index (χ4n) is 4.18. The molecule has 3 heterocycles. The van der Waals surface area contributed by atoms with E-state index in [9.17, 15) is 27.6 Å². The highest BCUT2D eigenvalue weighted by Crippen LogP contribution is 2.53. The number of imidazole rings is 1. The maximum Gasteiger partial charge on any atom is 0.459 e. The molecular formula is C23H28F4N7O7P. The van der Waals surface area contributed by atoms with E-state index in [1.807, 2.05) is 0 Å². The molecule has 0 radical (unpaired) electrons. The predicted molar refractivity (Wildman–Crippen MR) is 139 cm³/mol. The van der Waals surface area contributed by atoms with Crippen molar-refractivity contribution in [3.63, 3.8) is 0 Å². The third-order valence-corrected chi connectivity index (χ3v) is 7.82. The van der Waals surface area contributed by atoms with Gasteiger partial charge in [-0.05, 0) is 26.0 Å². The number of esters is 1. The van der Waals surface area contributed by atoms with Crippen molar-refractivity contribution in [3.05, 3.63) is 36.7 Å². The van der Waals surface area contributed by atoms with Crippen LogP contribution in [0.15, 0.2) is 36.7 Å². The van der Waals surface area contributed by atoms with Crippen LogP contribution in [0.4, 0.5) is 29.3 Å². The van der Waals surface area contributed by atoms with Crippen molar-refractivity contribution in [3.8, 4) is 5.75 Å². The SMILES string of the molecule is CCOC(=O)C(C)N[P@](=O)(OC[C@H]1O[C@@H](n2cnc3c(NC)nc(N)nc32)[C@@](F)(C(F)(F)F)[C@@H]1O)Oc1ccccc1. The molecule has 2 aromatic heterocycles. The Balaban J connectivity index is 1.66. The first-order valence-electron chi connectivity index (χ1n) is 12.4. The number of alkyl halides is 4. The van der Waals surface area contributed by atoms with Gasteiger partial charge in [-0.2, -0.15) is 28.2 Å². The molecule has 14 nitrogen and oxygen atoms in total. The number of nitrogen functional groups attached to an aromatic ring is 1. The van der Waals surface area contributed by atoms with E-state index in [0.29, 0.717) is 4.57 Å². The molecule has 1 aromatic carbocycles. The fraction of sp³-hybridized carbons (Fsp3) is 0.478. The van der Waals surface area contributed by atoms with Crippen molar-refractivity contribution < 1.29 is 50.5 Å². The third kappa shape index (κ3) is 5.98. The van der Waals surface area contributed by atoms with Crippen molar-refractivity contribution in [2.45, 2.75) is 50.2 Å². The van der Waals surface area contributed by atoms with E-state index in [4.69, 9.17) is 24.3 Å². The lowest BCUT2D eigenvalue weighted by atomic mass is 9.95. The average molecular weight is 621 g/mol.